The van der Waals surface area contributed by atoms with Crippen molar-refractivity contribution in [2.24, 2.45) is 11.8 Å². The molecule has 0 aliphatic carbocycles. The molecule has 0 spiro atoms. The predicted molar refractivity (Wildman–Crippen MR) is 58.9 cm³/mol. The van der Waals surface area contributed by atoms with E-state index in [0.717, 1.165) is 4.32 Å². The molecule has 2 N–H and O–H groups in total. The van der Waals surface area contributed by atoms with Crippen LogP contribution in [0.15, 0.2) is 0 Å². The molecule has 12 heavy (non-hydrogen) atoms. The van der Waals surface area contributed by atoms with Gasteiger partial charge in [-0.15, -0.1) is 0 Å². The monoisotopic (exact) mass is 204 g/mol. The molecule has 0 unspecified atom stereocenters. The third-order valence-electron chi connectivity index (χ3n) is 2.34. The van der Waals surface area contributed by atoms with Crippen molar-refractivity contribution in [2.45, 2.75) is 32.6 Å². The molecule has 0 aromatic heterocycles. The Morgan fingerprint density at radius 1 is 1.25 bits per heavy atom. The molecule has 0 aromatic rings. The summed E-state index contributed by atoms with van der Waals surface area (Å²) < 4.78 is 0.859. The fraction of sp³-hybridized carbons (Fsp3) is 0.875. The van der Waals surface area contributed by atoms with Crippen LogP contribution in [-0.4, -0.2) is 9.19 Å². The van der Waals surface area contributed by atoms with E-state index in [1.54, 1.807) is 11.8 Å². The minimum Gasteiger partial charge on any atom is -0.305 e. The van der Waals surface area contributed by atoms with Gasteiger partial charge < -0.3 is 5.43 Å². The number of hydrogen-bond donors (Lipinski definition) is 2. The van der Waals surface area contributed by atoms with Crippen LogP contribution in [0.25, 0.3) is 0 Å². The van der Waals surface area contributed by atoms with Crippen molar-refractivity contribution in [3.63, 3.8) is 0 Å². The molecule has 0 radical (unpaired) electrons. The average molecular weight is 204 g/mol. The summed E-state index contributed by atoms with van der Waals surface area (Å²) in [7, 11) is 0. The molecule has 1 rings (SSSR count). The highest BCUT2D eigenvalue weighted by atomic mass is 32.2. The molecular weight excluding hydrogens is 188 g/mol. The maximum absolute atomic E-state index is 5.10. The van der Waals surface area contributed by atoms with E-state index in [1.165, 1.54) is 0 Å². The lowest BCUT2D eigenvalue weighted by Gasteiger charge is -2.35. The van der Waals surface area contributed by atoms with E-state index in [2.05, 4.69) is 38.5 Å². The van der Waals surface area contributed by atoms with Crippen LogP contribution >= 0.6 is 24.0 Å². The van der Waals surface area contributed by atoms with E-state index in [-0.39, 0.29) is 4.87 Å². The zero-order valence-corrected chi connectivity index (χ0v) is 9.60. The van der Waals surface area contributed by atoms with Gasteiger partial charge in [0.05, 0.1) is 4.87 Å². The van der Waals surface area contributed by atoms with Crippen LogP contribution in [0.1, 0.15) is 27.7 Å². The van der Waals surface area contributed by atoms with Gasteiger partial charge in [0.15, 0.2) is 0 Å². The zero-order chi connectivity index (χ0) is 9.35. The maximum atomic E-state index is 5.10. The molecule has 0 aromatic carbocycles. The minimum absolute atomic E-state index is 0.0804. The predicted octanol–water partition coefficient (Wildman–Crippen LogP) is 2.12. The van der Waals surface area contributed by atoms with Crippen molar-refractivity contribution in [2.75, 3.05) is 0 Å². The van der Waals surface area contributed by atoms with Gasteiger partial charge in [0, 0.05) is 0 Å². The lowest BCUT2D eigenvalue weighted by atomic mass is 9.93. The smallest absolute Gasteiger partial charge is 0.149 e. The van der Waals surface area contributed by atoms with Crippen LogP contribution in [0, 0.1) is 11.8 Å². The van der Waals surface area contributed by atoms with Crippen LogP contribution in [0.5, 0.6) is 0 Å². The summed E-state index contributed by atoms with van der Waals surface area (Å²) in [6.45, 7) is 8.87. The molecule has 70 valence electrons. The Kier molecular flexibility index (Phi) is 3.01. The van der Waals surface area contributed by atoms with Gasteiger partial charge in [-0.3, -0.25) is 0 Å². The van der Waals surface area contributed by atoms with Crippen molar-refractivity contribution in [3.8, 4) is 0 Å². The first-order valence-electron chi connectivity index (χ1n) is 4.25. The molecule has 0 atom stereocenters. The molecular formula is C8H16N2S2. The molecule has 1 fully saturated rings. The van der Waals surface area contributed by atoms with Crippen LogP contribution in [0.4, 0.5) is 0 Å². The highest BCUT2D eigenvalue weighted by Crippen LogP contribution is 2.40. The van der Waals surface area contributed by atoms with Crippen molar-refractivity contribution in [1.29, 1.82) is 0 Å². The molecule has 4 heteroatoms. The van der Waals surface area contributed by atoms with Gasteiger partial charge in [0.2, 0.25) is 0 Å². The second-order valence-corrected chi connectivity index (χ2v) is 5.70. The molecule has 2 nitrogen and oxygen atoms in total. The number of hydrogen-bond acceptors (Lipinski definition) is 3. The molecule has 1 aliphatic heterocycles. The first-order valence-corrected chi connectivity index (χ1v) is 5.47. The van der Waals surface area contributed by atoms with Crippen LogP contribution in [-0.2, 0) is 0 Å². The molecule has 1 heterocycles. The van der Waals surface area contributed by atoms with Gasteiger partial charge in [0.25, 0.3) is 0 Å². The summed E-state index contributed by atoms with van der Waals surface area (Å²) in [6.07, 6.45) is 0. The molecule has 0 saturated carbocycles. The Balaban J connectivity index is 2.81. The normalized spacial score (nSPS) is 22.0. The Morgan fingerprint density at radius 3 is 1.92 bits per heavy atom. The van der Waals surface area contributed by atoms with E-state index >= 15 is 0 Å². The topological polar surface area (TPSA) is 24.1 Å². The Morgan fingerprint density at radius 2 is 1.75 bits per heavy atom. The van der Waals surface area contributed by atoms with Crippen LogP contribution in [0.3, 0.4) is 0 Å². The van der Waals surface area contributed by atoms with Gasteiger partial charge in [0.1, 0.15) is 4.32 Å². The second-order valence-electron chi connectivity index (χ2n) is 3.74. The number of rotatable bonds is 2. The molecule has 0 bridgehead atoms. The van der Waals surface area contributed by atoms with E-state index in [0.29, 0.717) is 11.8 Å². The van der Waals surface area contributed by atoms with E-state index < -0.39 is 0 Å². The second kappa shape index (κ2) is 3.52. The fourth-order valence-corrected chi connectivity index (χ4v) is 2.99. The minimum atomic E-state index is 0.0804. The maximum Gasteiger partial charge on any atom is 0.149 e. The first kappa shape index (κ1) is 10.3. The van der Waals surface area contributed by atoms with E-state index in [1.807, 2.05) is 0 Å². The van der Waals surface area contributed by atoms with Crippen molar-refractivity contribution in [1.82, 2.24) is 10.9 Å². The summed E-state index contributed by atoms with van der Waals surface area (Å²) in [5.41, 5.74) is 6.31. The van der Waals surface area contributed by atoms with Crippen molar-refractivity contribution >= 4 is 28.3 Å². The molecule has 0 amide bonds. The highest BCUT2D eigenvalue weighted by molar-refractivity contribution is 8.24. The van der Waals surface area contributed by atoms with Crippen molar-refractivity contribution < 1.29 is 0 Å². The quantitative estimate of drug-likeness (QED) is 0.673. The zero-order valence-electron chi connectivity index (χ0n) is 7.97. The first-order chi connectivity index (χ1) is 5.49. The molecule has 1 saturated heterocycles. The number of thiocarbonyl (C=S) groups is 1. The highest BCUT2D eigenvalue weighted by Gasteiger charge is 2.42. The van der Waals surface area contributed by atoms with Gasteiger partial charge in [-0.25, -0.2) is 5.43 Å². The lowest BCUT2D eigenvalue weighted by Crippen LogP contribution is -2.50. The summed E-state index contributed by atoms with van der Waals surface area (Å²) in [5.74, 6) is 1.13. The summed E-state index contributed by atoms with van der Waals surface area (Å²) >= 11 is 6.83. The van der Waals surface area contributed by atoms with Crippen molar-refractivity contribution in [3.05, 3.63) is 0 Å². The SMILES string of the molecule is CC(C)C1(C(C)C)NNC(=S)S1. The van der Waals surface area contributed by atoms with Gasteiger partial charge in [-0.05, 0) is 11.8 Å². The van der Waals surface area contributed by atoms with E-state index in [9.17, 15) is 0 Å². The third-order valence-corrected chi connectivity index (χ3v) is 4.36. The van der Waals surface area contributed by atoms with Gasteiger partial charge in [-0.2, -0.15) is 0 Å². The Bertz CT molecular complexity index is 181. The third kappa shape index (κ3) is 1.60. The number of hydrazine groups is 1. The Labute approximate surface area is 83.8 Å². The number of thioether (sulfide) groups is 1. The van der Waals surface area contributed by atoms with E-state index in [4.69, 9.17) is 12.2 Å². The fourth-order valence-electron chi connectivity index (χ4n) is 1.54. The van der Waals surface area contributed by atoms with Crippen LogP contribution < -0.4 is 10.9 Å². The summed E-state index contributed by atoms with van der Waals surface area (Å²) in [4.78, 5) is 0.0804. The summed E-state index contributed by atoms with van der Waals surface area (Å²) in [5, 5.41) is 0. The average Bonchev–Trinajstić information content (AvgIpc) is 2.32. The van der Waals surface area contributed by atoms with Gasteiger partial charge >= 0.3 is 0 Å². The van der Waals surface area contributed by atoms with Gasteiger partial charge in [-0.1, -0.05) is 51.7 Å². The number of nitrogens with one attached hydrogen (secondary N) is 2. The largest absolute Gasteiger partial charge is 0.305 e. The standard InChI is InChI=1S/C8H16N2S2/c1-5(2)8(6(3)4)10-9-7(11)12-8/h5-6,10H,1-4H3,(H,9,11). The Hall–Kier alpha value is 0.200. The lowest BCUT2D eigenvalue weighted by molar-refractivity contribution is 0.273. The van der Waals surface area contributed by atoms with Crippen LogP contribution in [0.2, 0.25) is 0 Å². The summed E-state index contributed by atoms with van der Waals surface area (Å²) in [6, 6.07) is 0. The molecule has 1 aliphatic rings.